The highest BCUT2D eigenvalue weighted by Crippen LogP contribution is 2.27. The average molecular weight is 298 g/mol. The second kappa shape index (κ2) is 7.02. The average Bonchev–Trinajstić information content (AvgIpc) is 2.88. The molecule has 1 saturated carbocycles. The third-order valence-corrected chi connectivity index (χ3v) is 5.62. The topological polar surface area (TPSA) is 72.2 Å². The van der Waals surface area contributed by atoms with Gasteiger partial charge in [0, 0.05) is 17.0 Å². The Hall–Kier alpha value is -1.17. The zero-order valence-corrected chi connectivity index (χ0v) is 12.6. The summed E-state index contributed by atoms with van der Waals surface area (Å²) in [5.41, 5.74) is 0.730. The van der Waals surface area contributed by atoms with Crippen molar-refractivity contribution in [2.75, 3.05) is 0 Å². The molecule has 20 heavy (non-hydrogen) atoms. The Balaban J connectivity index is 1.98. The lowest BCUT2D eigenvalue weighted by Gasteiger charge is -2.21. The third kappa shape index (κ3) is 3.69. The molecule has 0 saturated heterocycles. The summed E-state index contributed by atoms with van der Waals surface area (Å²) in [7, 11) is -1.41. The van der Waals surface area contributed by atoms with Gasteiger partial charge in [0.05, 0.1) is 17.5 Å². The van der Waals surface area contributed by atoms with Gasteiger partial charge in [0.1, 0.15) is 5.25 Å². The van der Waals surface area contributed by atoms with Crippen LogP contribution in [-0.2, 0) is 21.3 Å². The van der Waals surface area contributed by atoms with Crippen molar-refractivity contribution in [3.63, 3.8) is 0 Å². The molecule has 1 aliphatic carbocycles. The van der Waals surface area contributed by atoms with Gasteiger partial charge in [0.25, 0.3) is 0 Å². The van der Waals surface area contributed by atoms with Crippen LogP contribution in [0.15, 0.2) is 12.3 Å². The molecule has 1 fully saturated rings. The summed E-state index contributed by atoms with van der Waals surface area (Å²) in [5.74, 6) is -0.762. The van der Waals surface area contributed by atoms with E-state index in [0.717, 1.165) is 18.5 Å². The number of hydrogen-bond acceptors (Lipinski definition) is 3. The lowest BCUT2D eigenvalue weighted by Crippen LogP contribution is -2.25. The molecule has 0 amide bonds. The van der Waals surface area contributed by atoms with E-state index >= 15 is 0 Å². The van der Waals surface area contributed by atoms with Crippen LogP contribution in [0, 0.1) is 0 Å². The fourth-order valence-electron chi connectivity index (χ4n) is 2.72. The van der Waals surface area contributed by atoms with Gasteiger partial charge < -0.3 is 5.11 Å². The quantitative estimate of drug-likeness (QED) is 0.876. The van der Waals surface area contributed by atoms with E-state index in [9.17, 15) is 9.00 Å². The molecule has 0 radical (unpaired) electrons. The second-order valence-corrected chi connectivity index (χ2v) is 6.96. The molecule has 2 atom stereocenters. The number of carboxylic acid groups (broad SMARTS) is 1. The molecular formula is C14H22N2O3S. The lowest BCUT2D eigenvalue weighted by molar-refractivity contribution is -0.136. The van der Waals surface area contributed by atoms with Gasteiger partial charge in [-0.3, -0.25) is 13.7 Å². The van der Waals surface area contributed by atoms with Gasteiger partial charge >= 0.3 is 5.97 Å². The minimum Gasteiger partial charge on any atom is -0.480 e. The summed E-state index contributed by atoms with van der Waals surface area (Å²) < 4.78 is 14.0. The zero-order chi connectivity index (χ0) is 14.5. The number of rotatable bonds is 6. The van der Waals surface area contributed by atoms with Crippen molar-refractivity contribution in [2.24, 2.45) is 0 Å². The standard InChI is InChI=1S/C14H22N2O3S/c1-2-13(14(17)18)20(19)10-11-8-9-16(15-11)12-6-4-3-5-7-12/h8-9,12-13H,2-7,10H2,1H3,(H,17,18). The minimum atomic E-state index is -1.41. The third-order valence-electron chi connectivity index (χ3n) is 3.87. The summed E-state index contributed by atoms with van der Waals surface area (Å²) in [5, 5.41) is 12.7. The van der Waals surface area contributed by atoms with Crippen molar-refractivity contribution in [1.29, 1.82) is 0 Å². The molecule has 5 nitrogen and oxygen atoms in total. The number of carboxylic acids is 1. The van der Waals surface area contributed by atoms with Crippen LogP contribution < -0.4 is 0 Å². The van der Waals surface area contributed by atoms with E-state index in [0.29, 0.717) is 12.5 Å². The smallest absolute Gasteiger partial charge is 0.319 e. The lowest BCUT2D eigenvalue weighted by atomic mass is 9.96. The number of nitrogens with zero attached hydrogens (tertiary/aromatic N) is 2. The van der Waals surface area contributed by atoms with E-state index in [-0.39, 0.29) is 5.75 Å². The highest BCUT2D eigenvalue weighted by Gasteiger charge is 2.24. The van der Waals surface area contributed by atoms with Crippen LogP contribution in [0.2, 0.25) is 0 Å². The van der Waals surface area contributed by atoms with Crippen LogP contribution >= 0.6 is 0 Å². The van der Waals surface area contributed by atoms with Crippen LogP contribution in [0.3, 0.4) is 0 Å². The molecule has 1 aliphatic rings. The van der Waals surface area contributed by atoms with Crippen molar-refractivity contribution in [2.45, 2.75) is 62.5 Å². The van der Waals surface area contributed by atoms with E-state index in [1.807, 2.05) is 16.9 Å². The van der Waals surface area contributed by atoms with Crippen molar-refractivity contribution in [1.82, 2.24) is 9.78 Å². The highest BCUT2D eigenvalue weighted by molar-refractivity contribution is 7.85. The van der Waals surface area contributed by atoms with E-state index in [4.69, 9.17) is 5.11 Å². The SMILES string of the molecule is CCC(C(=O)O)S(=O)Cc1ccn(C2CCCCC2)n1. The maximum Gasteiger partial charge on any atom is 0.319 e. The molecule has 2 unspecified atom stereocenters. The molecule has 1 aromatic rings. The molecule has 1 N–H and O–H groups in total. The van der Waals surface area contributed by atoms with Gasteiger partial charge in [0.15, 0.2) is 0 Å². The van der Waals surface area contributed by atoms with Crippen LogP contribution in [0.1, 0.15) is 57.2 Å². The summed E-state index contributed by atoms with van der Waals surface area (Å²) >= 11 is 0. The molecular weight excluding hydrogens is 276 g/mol. The summed E-state index contributed by atoms with van der Waals surface area (Å²) in [6.45, 7) is 1.75. The van der Waals surface area contributed by atoms with Crippen LogP contribution in [0.5, 0.6) is 0 Å². The van der Waals surface area contributed by atoms with Crippen molar-refractivity contribution in [3.05, 3.63) is 18.0 Å². The fourth-order valence-corrected chi connectivity index (χ4v) is 3.97. The van der Waals surface area contributed by atoms with E-state index < -0.39 is 22.0 Å². The normalized spacial score (nSPS) is 19.6. The van der Waals surface area contributed by atoms with E-state index in [1.54, 1.807) is 6.92 Å². The second-order valence-electron chi connectivity index (χ2n) is 5.34. The molecule has 2 rings (SSSR count). The molecule has 0 aromatic carbocycles. The predicted octanol–water partition coefficient (Wildman–Crippen LogP) is 2.50. The van der Waals surface area contributed by atoms with E-state index in [1.165, 1.54) is 19.3 Å². The van der Waals surface area contributed by atoms with Gasteiger partial charge in [0.2, 0.25) is 0 Å². The monoisotopic (exact) mass is 298 g/mol. The maximum atomic E-state index is 12.1. The molecule has 1 heterocycles. The molecule has 0 spiro atoms. The van der Waals surface area contributed by atoms with Gasteiger partial charge in [-0.05, 0) is 25.3 Å². The Morgan fingerprint density at radius 2 is 2.20 bits per heavy atom. The van der Waals surface area contributed by atoms with Crippen LogP contribution in [0.4, 0.5) is 0 Å². The summed E-state index contributed by atoms with van der Waals surface area (Å²) in [6.07, 6.45) is 8.39. The number of hydrogen-bond donors (Lipinski definition) is 1. The molecule has 112 valence electrons. The summed E-state index contributed by atoms with van der Waals surface area (Å²) in [6, 6.07) is 2.31. The fraction of sp³-hybridized carbons (Fsp3) is 0.714. The zero-order valence-electron chi connectivity index (χ0n) is 11.8. The minimum absolute atomic E-state index is 0.227. The first kappa shape index (κ1) is 15.2. The molecule has 6 heteroatoms. The number of aromatic nitrogens is 2. The largest absolute Gasteiger partial charge is 0.480 e. The Morgan fingerprint density at radius 1 is 1.50 bits per heavy atom. The molecule has 1 aromatic heterocycles. The number of carbonyl (C=O) groups is 1. The molecule has 0 aliphatic heterocycles. The van der Waals surface area contributed by atoms with Crippen LogP contribution in [0.25, 0.3) is 0 Å². The Bertz CT molecular complexity index is 481. The van der Waals surface area contributed by atoms with E-state index in [2.05, 4.69) is 5.10 Å². The van der Waals surface area contributed by atoms with Crippen LogP contribution in [-0.4, -0.2) is 30.3 Å². The van der Waals surface area contributed by atoms with Gasteiger partial charge in [-0.25, -0.2) is 0 Å². The first-order valence-electron chi connectivity index (χ1n) is 7.25. The Labute approximate surface area is 121 Å². The van der Waals surface area contributed by atoms with Crippen molar-refractivity contribution < 1.29 is 14.1 Å². The van der Waals surface area contributed by atoms with Gasteiger partial charge in [-0.2, -0.15) is 5.10 Å². The van der Waals surface area contributed by atoms with Crippen molar-refractivity contribution >= 4 is 16.8 Å². The highest BCUT2D eigenvalue weighted by atomic mass is 32.2. The Morgan fingerprint density at radius 3 is 2.80 bits per heavy atom. The first-order valence-corrected chi connectivity index (χ1v) is 8.64. The van der Waals surface area contributed by atoms with Crippen molar-refractivity contribution in [3.8, 4) is 0 Å². The summed E-state index contributed by atoms with van der Waals surface area (Å²) in [4.78, 5) is 11.0. The number of aliphatic carboxylic acids is 1. The maximum absolute atomic E-state index is 12.1. The van der Waals surface area contributed by atoms with Gasteiger partial charge in [-0.1, -0.05) is 26.2 Å². The first-order chi connectivity index (χ1) is 9.61. The Kier molecular flexibility index (Phi) is 5.34. The molecule has 0 bridgehead atoms. The van der Waals surface area contributed by atoms with Gasteiger partial charge in [-0.15, -0.1) is 0 Å². The predicted molar refractivity (Wildman–Crippen MR) is 77.9 cm³/mol.